The maximum atomic E-state index is 5.39. The molecule has 98 valence electrons. The second kappa shape index (κ2) is 4.72. The molecule has 6 nitrogen and oxygen atoms in total. The molecule has 1 aliphatic rings. The molecule has 18 heavy (non-hydrogen) atoms. The summed E-state index contributed by atoms with van der Waals surface area (Å²) in [5, 5.41) is 0. The van der Waals surface area contributed by atoms with Gasteiger partial charge in [0.15, 0.2) is 0 Å². The van der Waals surface area contributed by atoms with Crippen molar-refractivity contribution >= 4 is 17.8 Å². The third-order valence-corrected chi connectivity index (χ3v) is 2.74. The lowest BCUT2D eigenvalue weighted by molar-refractivity contribution is 0.494. The largest absolute Gasteiger partial charge is 0.448 e. The molecule has 1 atom stereocenters. The van der Waals surface area contributed by atoms with Crippen LogP contribution in [-0.4, -0.2) is 56.1 Å². The Bertz CT molecular complexity index is 463. The fraction of sp³-hybridized carbons (Fsp3) is 0.500. The Morgan fingerprint density at radius 3 is 2.44 bits per heavy atom. The van der Waals surface area contributed by atoms with Crippen LogP contribution in [0.15, 0.2) is 32.8 Å². The average Bonchev–Trinajstić information content (AvgIpc) is 2.84. The van der Waals surface area contributed by atoms with Crippen LogP contribution in [0.25, 0.3) is 0 Å². The van der Waals surface area contributed by atoms with Crippen molar-refractivity contribution in [2.75, 3.05) is 33.1 Å². The van der Waals surface area contributed by atoms with Crippen LogP contribution in [0.4, 0.5) is 5.88 Å². The molecule has 1 unspecified atom stereocenters. The maximum Gasteiger partial charge on any atom is 0.212 e. The minimum atomic E-state index is -0.0917. The fourth-order valence-electron chi connectivity index (χ4n) is 1.91. The Morgan fingerprint density at radius 2 is 1.89 bits per heavy atom. The number of aliphatic imine (C=N–C) groups is 2. The molecule has 0 bridgehead atoms. The van der Waals surface area contributed by atoms with E-state index in [1.54, 1.807) is 6.26 Å². The Labute approximate surface area is 107 Å². The Morgan fingerprint density at radius 1 is 1.22 bits per heavy atom. The number of hydrogen-bond acceptors (Lipinski definition) is 6. The van der Waals surface area contributed by atoms with E-state index >= 15 is 0 Å². The second-order valence-electron chi connectivity index (χ2n) is 4.45. The topological polar surface area (TPSA) is 47.6 Å². The van der Waals surface area contributed by atoms with Crippen LogP contribution in [-0.2, 0) is 0 Å². The molecule has 0 radical (unpaired) electrons. The lowest BCUT2D eigenvalue weighted by atomic mass is 10.4. The van der Waals surface area contributed by atoms with Crippen LogP contribution in [0.2, 0.25) is 0 Å². The average molecular weight is 249 g/mol. The quantitative estimate of drug-likeness (QED) is 0.752. The van der Waals surface area contributed by atoms with Gasteiger partial charge in [-0.1, -0.05) is 0 Å². The third kappa shape index (κ3) is 2.18. The smallest absolute Gasteiger partial charge is 0.212 e. The van der Waals surface area contributed by atoms with Gasteiger partial charge >= 0.3 is 0 Å². The molecule has 0 N–H and O–H groups in total. The first kappa shape index (κ1) is 12.5. The Balaban J connectivity index is 2.28. The van der Waals surface area contributed by atoms with E-state index < -0.39 is 0 Å². The van der Waals surface area contributed by atoms with Gasteiger partial charge in [-0.25, -0.2) is 9.98 Å². The molecular formula is C12H19N5O. The summed E-state index contributed by atoms with van der Waals surface area (Å²) in [5.74, 6) is 2.45. The first-order valence-electron chi connectivity index (χ1n) is 5.84. The van der Waals surface area contributed by atoms with Gasteiger partial charge in [-0.2, -0.15) is 0 Å². The first-order valence-corrected chi connectivity index (χ1v) is 5.84. The van der Waals surface area contributed by atoms with Gasteiger partial charge in [0.1, 0.15) is 6.17 Å². The minimum absolute atomic E-state index is 0.0917. The molecule has 1 aromatic rings. The number of rotatable bonds is 1. The molecular weight excluding hydrogens is 230 g/mol. The highest BCUT2D eigenvalue weighted by Gasteiger charge is 2.25. The van der Waals surface area contributed by atoms with Gasteiger partial charge in [0.05, 0.1) is 6.26 Å². The summed E-state index contributed by atoms with van der Waals surface area (Å²) < 4.78 is 5.39. The van der Waals surface area contributed by atoms with E-state index in [0.29, 0.717) is 0 Å². The number of hydrogen-bond donors (Lipinski definition) is 0. The lowest BCUT2D eigenvalue weighted by Crippen LogP contribution is -2.51. The van der Waals surface area contributed by atoms with Gasteiger partial charge in [-0.15, -0.1) is 0 Å². The van der Waals surface area contributed by atoms with E-state index in [0.717, 1.165) is 17.8 Å². The number of furan rings is 1. The molecule has 1 aromatic heterocycles. The lowest BCUT2D eigenvalue weighted by Gasteiger charge is -2.34. The Hall–Kier alpha value is -1.98. The van der Waals surface area contributed by atoms with Gasteiger partial charge < -0.3 is 9.32 Å². The molecule has 2 rings (SSSR count). The zero-order chi connectivity index (χ0) is 13.3. The van der Waals surface area contributed by atoms with Crippen molar-refractivity contribution in [3.05, 3.63) is 18.4 Å². The van der Waals surface area contributed by atoms with E-state index in [1.165, 1.54) is 0 Å². The van der Waals surface area contributed by atoms with Crippen molar-refractivity contribution in [3.8, 4) is 0 Å². The fourth-order valence-corrected chi connectivity index (χ4v) is 1.91. The van der Waals surface area contributed by atoms with Crippen molar-refractivity contribution in [2.24, 2.45) is 9.98 Å². The van der Waals surface area contributed by atoms with Crippen LogP contribution in [0.3, 0.4) is 0 Å². The molecule has 0 fully saturated rings. The second-order valence-corrected chi connectivity index (χ2v) is 4.45. The van der Waals surface area contributed by atoms with E-state index in [-0.39, 0.29) is 6.17 Å². The van der Waals surface area contributed by atoms with Crippen molar-refractivity contribution in [3.63, 3.8) is 0 Å². The number of anilines is 1. The maximum absolute atomic E-state index is 5.39. The molecule has 0 aromatic carbocycles. The first-order chi connectivity index (χ1) is 8.50. The summed E-state index contributed by atoms with van der Waals surface area (Å²) in [7, 11) is 7.82. The zero-order valence-electron chi connectivity index (χ0n) is 11.5. The minimum Gasteiger partial charge on any atom is -0.448 e. The molecule has 0 saturated carbocycles. The highest BCUT2D eigenvalue weighted by Crippen LogP contribution is 2.17. The summed E-state index contributed by atoms with van der Waals surface area (Å²) in [6, 6.07) is 3.77. The molecule has 0 aliphatic carbocycles. The molecule has 6 heteroatoms. The normalized spacial score (nSPS) is 19.4. The summed E-state index contributed by atoms with van der Waals surface area (Å²) in [6.45, 7) is 1.96. The van der Waals surface area contributed by atoms with E-state index in [9.17, 15) is 0 Å². The van der Waals surface area contributed by atoms with Crippen molar-refractivity contribution in [2.45, 2.75) is 13.1 Å². The van der Waals surface area contributed by atoms with Gasteiger partial charge in [-0.05, 0) is 13.0 Å². The van der Waals surface area contributed by atoms with Gasteiger partial charge in [0, 0.05) is 34.3 Å². The monoisotopic (exact) mass is 249 g/mol. The van der Waals surface area contributed by atoms with Crippen molar-refractivity contribution < 1.29 is 4.42 Å². The number of guanidine groups is 2. The summed E-state index contributed by atoms with van der Waals surface area (Å²) in [5.41, 5.74) is 0. The molecule has 2 heterocycles. The summed E-state index contributed by atoms with van der Waals surface area (Å²) in [6.07, 6.45) is 1.56. The van der Waals surface area contributed by atoms with Crippen LogP contribution in [0.5, 0.6) is 0 Å². The predicted octanol–water partition coefficient (Wildman–Crippen LogP) is 1.28. The molecule has 1 aliphatic heterocycles. The van der Waals surface area contributed by atoms with Gasteiger partial charge in [-0.3, -0.25) is 9.80 Å². The van der Waals surface area contributed by atoms with Crippen LogP contribution >= 0.6 is 0 Å². The van der Waals surface area contributed by atoms with Crippen molar-refractivity contribution in [1.82, 2.24) is 9.80 Å². The summed E-state index contributed by atoms with van der Waals surface area (Å²) in [4.78, 5) is 14.9. The standard InChI is InChI=1S/C12H19N5O/c1-9-13-11(15(2)3)17(5)12(14-9)16(4)10-7-6-8-18-10/h6-9H,1-5H3. The van der Waals surface area contributed by atoms with Gasteiger partial charge in [0.25, 0.3) is 0 Å². The van der Waals surface area contributed by atoms with Crippen LogP contribution in [0.1, 0.15) is 6.92 Å². The molecule has 0 saturated heterocycles. The van der Waals surface area contributed by atoms with E-state index in [1.807, 2.05) is 61.9 Å². The van der Waals surface area contributed by atoms with Gasteiger partial charge in [0.2, 0.25) is 17.8 Å². The zero-order valence-corrected chi connectivity index (χ0v) is 11.5. The predicted molar refractivity (Wildman–Crippen MR) is 72.9 cm³/mol. The third-order valence-electron chi connectivity index (χ3n) is 2.74. The highest BCUT2D eigenvalue weighted by atomic mass is 16.3. The molecule has 0 amide bonds. The highest BCUT2D eigenvalue weighted by molar-refractivity contribution is 6.06. The van der Waals surface area contributed by atoms with E-state index in [4.69, 9.17) is 4.42 Å². The number of nitrogens with zero attached hydrogens (tertiary/aromatic N) is 5. The van der Waals surface area contributed by atoms with Crippen molar-refractivity contribution in [1.29, 1.82) is 0 Å². The van der Waals surface area contributed by atoms with Crippen LogP contribution < -0.4 is 4.90 Å². The van der Waals surface area contributed by atoms with Crippen LogP contribution in [0, 0.1) is 0 Å². The SMILES string of the molecule is CC1N=C(N(C)C)N(C)C(N(C)c2ccco2)=N1. The molecule has 0 spiro atoms. The summed E-state index contributed by atoms with van der Waals surface area (Å²) >= 11 is 0. The van der Waals surface area contributed by atoms with E-state index in [2.05, 4.69) is 9.98 Å². The Kier molecular flexibility index (Phi) is 3.27.